The van der Waals surface area contributed by atoms with Gasteiger partial charge in [0.15, 0.2) is 5.69 Å². The number of carbonyl (C=O) groups excluding carboxylic acids is 1. The first-order chi connectivity index (χ1) is 13.3. The van der Waals surface area contributed by atoms with E-state index < -0.39 is 29.2 Å². The topological polar surface area (TPSA) is 50.2 Å². The number of hydrogen-bond donors (Lipinski definition) is 1. The minimum absolute atomic E-state index is 0.0439. The molecule has 4 rings (SSSR count). The summed E-state index contributed by atoms with van der Waals surface area (Å²) in [6, 6.07) is 4.50. The number of likely N-dealkylation sites (tertiary alicyclic amines) is 1. The molecule has 2 aromatic rings. The Morgan fingerprint density at radius 3 is 2.36 bits per heavy atom. The molecule has 9 heteroatoms. The third-order valence-electron chi connectivity index (χ3n) is 5.78. The van der Waals surface area contributed by atoms with E-state index in [9.17, 15) is 22.4 Å². The highest BCUT2D eigenvalue weighted by Crippen LogP contribution is 2.38. The second kappa shape index (κ2) is 6.88. The Kier molecular flexibility index (Phi) is 4.65. The van der Waals surface area contributed by atoms with E-state index in [1.807, 2.05) is 0 Å². The summed E-state index contributed by atoms with van der Waals surface area (Å²) < 4.78 is 55.1. The molecule has 3 heterocycles. The minimum Gasteiger partial charge on any atom is -0.338 e. The lowest BCUT2D eigenvalue weighted by Crippen LogP contribution is -2.44. The summed E-state index contributed by atoms with van der Waals surface area (Å²) in [5.74, 6) is -1.23. The van der Waals surface area contributed by atoms with Gasteiger partial charge in [-0.2, -0.15) is 18.3 Å². The van der Waals surface area contributed by atoms with Crippen LogP contribution in [0, 0.1) is 11.2 Å². The van der Waals surface area contributed by atoms with E-state index in [-0.39, 0.29) is 11.1 Å². The molecule has 0 bridgehead atoms. The van der Waals surface area contributed by atoms with Crippen LogP contribution in [-0.2, 0) is 6.18 Å². The molecule has 0 unspecified atom stereocenters. The second-order valence-corrected chi connectivity index (χ2v) is 7.51. The lowest BCUT2D eigenvalue weighted by Gasteiger charge is -2.38. The summed E-state index contributed by atoms with van der Waals surface area (Å²) in [4.78, 5) is 14.3. The predicted molar refractivity (Wildman–Crippen MR) is 93.6 cm³/mol. The molecule has 5 nitrogen and oxygen atoms in total. The number of halogens is 4. The smallest absolute Gasteiger partial charge is 0.338 e. The lowest BCUT2D eigenvalue weighted by molar-refractivity contribution is -0.143. The van der Waals surface area contributed by atoms with Gasteiger partial charge < -0.3 is 10.2 Å². The van der Waals surface area contributed by atoms with Gasteiger partial charge in [-0.15, -0.1) is 0 Å². The molecule has 0 saturated carbocycles. The second-order valence-electron chi connectivity index (χ2n) is 7.51. The summed E-state index contributed by atoms with van der Waals surface area (Å²) in [5, 5.41) is 7.11. The molecule has 2 fully saturated rings. The molecule has 2 aliphatic rings. The SMILES string of the molecule is O=C(c1cnn(-c2ccc(F)cc2)c1C(F)(F)F)N1CCC2(CCNC2)CC1. The quantitative estimate of drug-likeness (QED) is 0.793. The van der Waals surface area contributed by atoms with Gasteiger partial charge in [-0.1, -0.05) is 0 Å². The van der Waals surface area contributed by atoms with Crippen molar-refractivity contribution in [2.75, 3.05) is 26.2 Å². The predicted octanol–water partition coefficient (Wildman–Crippen LogP) is 3.25. The number of hydrogen-bond acceptors (Lipinski definition) is 3. The number of piperidine rings is 1. The molecule has 1 N–H and O–H groups in total. The maximum Gasteiger partial charge on any atom is 0.434 e. The Balaban J connectivity index is 1.62. The largest absolute Gasteiger partial charge is 0.434 e. The number of rotatable bonds is 2. The Labute approximate surface area is 159 Å². The monoisotopic (exact) mass is 396 g/mol. The lowest BCUT2D eigenvalue weighted by atomic mass is 9.78. The minimum atomic E-state index is -4.78. The van der Waals surface area contributed by atoms with Crippen LogP contribution in [0.2, 0.25) is 0 Å². The molecule has 0 aliphatic carbocycles. The zero-order valence-electron chi connectivity index (χ0n) is 15.1. The van der Waals surface area contributed by atoms with E-state index >= 15 is 0 Å². The third kappa shape index (κ3) is 3.39. The molecule has 0 radical (unpaired) electrons. The van der Waals surface area contributed by atoms with Gasteiger partial charge in [0.05, 0.1) is 17.4 Å². The first-order valence-corrected chi connectivity index (χ1v) is 9.20. The van der Waals surface area contributed by atoms with Crippen molar-refractivity contribution < 1.29 is 22.4 Å². The van der Waals surface area contributed by atoms with Crippen LogP contribution in [0.15, 0.2) is 30.5 Å². The van der Waals surface area contributed by atoms with Gasteiger partial charge in [-0.05, 0) is 55.5 Å². The van der Waals surface area contributed by atoms with Crippen LogP contribution in [0.5, 0.6) is 0 Å². The summed E-state index contributed by atoms with van der Waals surface area (Å²) in [6.45, 7) is 2.70. The Hall–Kier alpha value is -2.42. The molecule has 1 spiro atoms. The van der Waals surface area contributed by atoms with Crippen molar-refractivity contribution in [1.82, 2.24) is 20.0 Å². The molecule has 1 aromatic heterocycles. The zero-order valence-corrected chi connectivity index (χ0v) is 15.1. The van der Waals surface area contributed by atoms with Crippen molar-refractivity contribution in [2.24, 2.45) is 5.41 Å². The molecule has 1 amide bonds. The highest BCUT2D eigenvalue weighted by molar-refractivity contribution is 5.95. The number of nitrogens with zero attached hydrogens (tertiary/aromatic N) is 3. The van der Waals surface area contributed by atoms with Gasteiger partial charge in [0, 0.05) is 19.6 Å². The number of carbonyl (C=O) groups is 1. The molecule has 1 aromatic carbocycles. The molecular formula is C19H20F4N4O. The average molecular weight is 396 g/mol. The van der Waals surface area contributed by atoms with E-state index in [0.29, 0.717) is 17.8 Å². The van der Waals surface area contributed by atoms with Crippen molar-refractivity contribution in [3.8, 4) is 5.69 Å². The van der Waals surface area contributed by atoms with E-state index in [1.165, 1.54) is 17.0 Å². The number of amides is 1. The van der Waals surface area contributed by atoms with Crippen molar-refractivity contribution in [1.29, 1.82) is 0 Å². The highest BCUT2D eigenvalue weighted by Gasteiger charge is 2.43. The fourth-order valence-corrected chi connectivity index (χ4v) is 4.13. The van der Waals surface area contributed by atoms with Gasteiger partial charge in [-0.3, -0.25) is 4.79 Å². The van der Waals surface area contributed by atoms with Crippen LogP contribution in [0.1, 0.15) is 35.3 Å². The molecule has 2 aliphatic heterocycles. The molecule has 2 saturated heterocycles. The summed E-state index contributed by atoms with van der Waals surface area (Å²) in [5.41, 5.74) is -1.41. The van der Waals surface area contributed by atoms with Crippen molar-refractivity contribution in [3.63, 3.8) is 0 Å². The van der Waals surface area contributed by atoms with Crippen LogP contribution in [0.3, 0.4) is 0 Å². The van der Waals surface area contributed by atoms with Gasteiger partial charge >= 0.3 is 6.18 Å². The van der Waals surface area contributed by atoms with Crippen LogP contribution < -0.4 is 5.32 Å². The maximum absolute atomic E-state index is 13.8. The number of benzene rings is 1. The van der Waals surface area contributed by atoms with E-state index in [1.54, 1.807) is 0 Å². The van der Waals surface area contributed by atoms with Crippen LogP contribution in [0.4, 0.5) is 17.6 Å². The standard InChI is InChI=1S/C19H20F4N4O/c20-13-1-3-14(4-2-13)27-16(19(21,22)23)15(11-25-27)17(28)26-9-6-18(7-10-26)5-8-24-12-18/h1-4,11,24H,5-10,12H2. The Morgan fingerprint density at radius 2 is 1.79 bits per heavy atom. The summed E-state index contributed by atoms with van der Waals surface area (Å²) >= 11 is 0. The van der Waals surface area contributed by atoms with Gasteiger partial charge in [0.1, 0.15) is 5.82 Å². The number of nitrogens with one attached hydrogen (secondary N) is 1. The van der Waals surface area contributed by atoms with Crippen molar-refractivity contribution in [2.45, 2.75) is 25.4 Å². The summed E-state index contributed by atoms with van der Waals surface area (Å²) in [7, 11) is 0. The fraction of sp³-hybridized carbons (Fsp3) is 0.474. The zero-order chi connectivity index (χ0) is 19.9. The molecule has 150 valence electrons. The molecule has 28 heavy (non-hydrogen) atoms. The van der Waals surface area contributed by atoms with E-state index in [0.717, 1.165) is 50.7 Å². The van der Waals surface area contributed by atoms with Gasteiger partial charge in [0.25, 0.3) is 5.91 Å². The van der Waals surface area contributed by atoms with Gasteiger partial charge in [0.2, 0.25) is 0 Å². The number of alkyl halides is 3. The average Bonchev–Trinajstić information content (AvgIpc) is 3.30. The molecule has 0 atom stereocenters. The van der Waals surface area contributed by atoms with E-state index in [4.69, 9.17) is 0 Å². The highest BCUT2D eigenvalue weighted by atomic mass is 19.4. The third-order valence-corrected chi connectivity index (χ3v) is 5.78. The Bertz CT molecular complexity index is 859. The van der Waals surface area contributed by atoms with Crippen LogP contribution in [-0.4, -0.2) is 46.8 Å². The summed E-state index contributed by atoms with van der Waals surface area (Å²) in [6.07, 6.45) is -1.23. The van der Waals surface area contributed by atoms with Crippen molar-refractivity contribution in [3.05, 3.63) is 47.5 Å². The first-order valence-electron chi connectivity index (χ1n) is 9.20. The van der Waals surface area contributed by atoms with E-state index in [2.05, 4.69) is 10.4 Å². The van der Waals surface area contributed by atoms with Gasteiger partial charge in [-0.25, -0.2) is 9.07 Å². The van der Waals surface area contributed by atoms with Crippen LogP contribution >= 0.6 is 0 Å². The number of aromatic nitrogens is 2. The molecular weight excluding hydrogens is 376 g/mol. The normalized spacial score (nSPS) is 19.4. The maximum atomic E-state index is 13.8. The Morgan fingerprint density at radius 1 is 1.11 bits per heavy atom. The first kappa shape index (κ1) is 18.9. The fourth-order valence-electron chi connectivity index (χ4n) is 4.13. The van der Waals surface area contributed by atoms with Crippen LogP contribution in [0.25, 0.3) is 5.69 Å². The van der Waals surface area contributed by atoms with Crippen molar-refractivity contribution >= 4 is 5.91 Å².